The topological polar surface area (TPSA) is 114 Å². The highest BCUT2D eigenvalue weighted by molar-refractivity contribution is 5.97. The first-order chi connectivity index (χ1) is 12.1. The highest BCUT2D eigenvalue weighted by atomic mass is 16.6. The van der Waals surface area contributed by atoms with Crippen molar-refractivity contribution >= 4 is 28.6 Å². The number of nitro groups is 1. The van der Waals surface area contributed by atoms with Gasteiger partial charge >= 0.3 is 0 Å². The molecule has 25 heavy (non-hydrogen) atoms. The van der Waals surface area contributed by atoms with E-state index < -0.39 is 22.8 Å². The van der Waals surface area contributed by atoms with E-state index in [4.69, 9.17) is 0 Å². The minimum Gasteiger partial charge on any atom is -0.300 e. The third-order valence-corrected chi connectivity index (χ3v) is 4.27. The molecule has 1 N–H and O–H groups in total. The number of anilines is 1. The van der Waals surface area contributed by atoms with Crippen LogP contribution in [0.5, 0.6) is 0 Å². The number of amides is 1. The summed E-state index contributed by atoms with van der Waals surface area (Å²) in [5.74, 6) is -1.16. The maximum Gasteiger partial charge on any atom is 0.269 e. The van der Waals surface area contributed by atoms with Crippen LogP contribution in [0, 0.1) is 27.4 Å². The molecule has 8 heteroatoms. The van der Waals surface area contributed by atoms with Gasteiger partial charge in [0, 0.05) is 12.1 Å². The largest absolute Gasteiger partial charge is 0.300 e. The maximum atomic E-state index is 12.3. The molecule has 1 amide bonds. The lowest BCUT2D eigenvalue weighted by atomic mass is 9.91. The first-order valence-electron chi connectivity index (χ1n) is 7.52. The summed E-state index contributed by atoms with van der Waals surface area (Å²) in [4.78, 5) is 27.3. The molecule has 0 saturated carbocycles. The van der Waals surface area contributed by atoms with Crippen molar-refractivity contribution in [3.63, 3.8) is 0 Å². The molecule has 0 radical (unpaired) electrons. The van der Waals surface area contributed by atoms with E-state index in [0.29, 0.717) is 17.0 Å². The molecule has 4 rings (SSSR count). The van der Waals surface area contributed by atoms with Gasteiger partial charge in [0.2, 0.25) is 11.9 Å². The number of fused-ring (bicyclic) bond motifs is 3. The van der Waals surface area contributed by atoms with Gasteiger partial charge < -0.3 is 4.57 Å². The molecule has 0 aliphatic carbocycles. The molecule has 2 heterocycles. The van der Waals surface area contributed by atoms with Gasteiger partial charge in [-0.25, -0.2) is 4.98 Å². The molecule has 1 aliphatic rings. The van der Waals surface area contributed by atoms with Gasteiger partial charge in [0.1, 0.15) is 0 Å². The number of carbonyl (C=O) groups is 1. The minimum absolute atomic E-state index is 0.0915. The van der Waals surface area contributed by atoms with Crippen LogP contribution in [0.4, 0.5) is 11.6 Å². The molecule has 0 spiro atoms. The average molecular weight is 333 g/mol. The molecule has 2 atom stereocenters. The Balaban J connectivity index is 1.99. The summed E-state index contributed by atoms with van der Waals surface area (Å²) in [7, 11) is 0. The quantitative estimate of drug-likeness (QED) is 0.572. The second-order valence-corrected chi connectivity index (χ2v) is 5.69. The lowest BCUT2D eigenvalue weighted by Crippen LogP contribution is -2.37. The molecule has 3 aromatic rings. The summed E-state index contributed by atoms with van der Waals surface area (Å²) in [6.45, 7) is 0. The molecule has 8 nitrogen and oxygen atoms in total. The Bertz CT molecular complexity index is 1070. The van der Waals surface area contributed by atoms with Crippen molar-refractivity contribution in [2.45, 2.75) is 6.04 Å². The minimum atomic E-state index is -1.02. The number of imidazole rings is 1. The Labute approximate surface area is 141 Å². The lowest BCUT2D eigenvalue weighted by molar-refractivity contribution is -0.384. The van der Waals surface area contributed by atoms with Gasteiger partial charge in [-0.15, -0.1) is 0 Å². The summed E-state index contributed by atoms with van der Waals surface area (Å²) in [5, 5.41) is 23.3. The summed E-state index contributed by atoms with van der Waals surface area (Å²) in [5.41, 5.74) is 1.84. The number of non-ortho nitro benzene ring substituents is 1. The molecule has 0 saturated heterocycles. The van der Waals surface area contributed by atoms with Crippen molar-refractivity contribution in [1.82, 2.24) is 9.55 Å². The van der Waals surface area contributed by atoms with E-state index in [2.05, 4.69) is 10.3 Å². The lowest BCUT2D eigenvalue weighted by Gasteiger charge is -2.29. The summed E-state index contributed by atoms with van der Waals surface area (Å²) >= 11 is 0. The summed E-state index contributed by atoms with van der Waals surface area (Å²) in [6.07, 6.45) is 0. The molecule has 0 unspecified atom stereocenters. The van der Waals surface area contributed by atoms with Gasteiger partial charge in [0.15, 0.2) is 5.92 Å². The number of nitrogens with zero attached hydrogens (tertiary/aromatic N) is 4. The molecule has 0 bridgehead atoms. The predicted octanol–water partition coefficient (Wildman–Crippen LogP) is 2.63. The number of nitro benzene ring substituents is 1. The fraction of sp³-hybridized carbons (Fsp3) is 0.118. The second kappa shape index (κ2) is 5.42. The number of carbonyl (C=O) groups excluding carboxylic acids is 1. The van der Waals surface area contributed by atoms with E-state index in [0.717, 1.165) is 5.52 Å². The zero-order valence-corrected chi connectivity index (χ0v) is 12.8. The number of nitriles is 1. The average Bonchev–Trinajstić information content (AvgIpc) is 2.98. The van der Waals surface area contributed by atoms with Crippen molar-refractivity contribution < 1.29 is 9.72 Å². The Morgan fingerprint density at radius 1 is 1.24 bits per heavy atom. The Morgan fingerprint density at radius 3 is 2.80 bits per heavy atom. The molecular formula is C17H11N5O3. The summed E-state index contributed by atoms with van der Waals surface area (Å²) in [6, 6.07) is 14.6. The predicted molar refractivity (Wildman–Crippen MR) is 88.7 cm³/mol. The van der Waals surface area contributed by atoms with Crippen LogP contribution in [0.15, 0.2) is 48.5 Å². The molecule has 1 aliphatic heterocycles. The van der Waals surface area contributed by atoms with E-state index in [9.17, 15) is 20.2 Å². The van der Waals surface area contributed by atoms with Crippen molar-refractivity contribution in [2.24, 2.45) is 5.92 Å². The van der Waals surface area contributed by atoms with Crippen molar-refractivity contribution in [3.8, 4) is 6.07 Å². The SMILES string of the molecule is N#C[C@@H]1C(=O)Nc2nc3ccccc3n2[C@@H]1c1cccc([N+](=O)[O-])c1. The van der Waals surface area contributed by atoms with Gasteiger partial charge in [-0.2, -0.15) is 5.26 Å². The van der Waals surface area contributed by atoms with Crippen LogP contribution >= 0.6 is 0 Å². The first kappa shape index (κ1) is 14.8. The normalized spacial score (nSPS) is 19.1. The number of hydrogen-bond acceptors (Lipinski definition) is 5. The van der Waals surface area contributed by atoms with Crippen LogP contribution in [-0.2, 0) is 4.79 Å². The molecule has 122 valence electrons. The van der Waals surface area contributed by atoms with Gasteiger partial charge in [-0.1, -0.05) is 24.3 Å². The fourth-order valence-corrected chi connectivity index (χ4v) is 3.19. The van der Waals surface area contributed by atoms with Gasteiger partial charge in [0.05, 0.1) is 28.1 Å². The van der Waals surface area contributed by atoms with Crippen LogP contribution in [0.1, 0.15) is 11.6 Å². The van der Waals surface area contributed by atoms with Gasteiger partial charge in [-0.05, 0) is 17.7 Å². The fourth-order valence-electron chi connectivity index (χ4n) is 3.19. The van der Waals surface area contributed by atoms with E-state index >= 15 is 0 Å². The number of hydrogen-bond donors (Lipinski definition) is 1. The van der Waals surface area contributed by atoms with Crippen LogP contribution in [0.3, 0.4) is 0 Å². The summed E-state index contributed by atoms with van der Waals surface area (Å²) < 4.78 is 1.75. The number of aromatic nitrogens is 2. The number of benzene rings is 2. The smallest absolute Gasteiger partial charge is 0.269 e. The van der Waals surface area contributed by atoms with Crippen molar-refractivity contribution in [1.29, 1.82) is 5.26 Å². The van der Waals surface area contributed by atoms with E-state index in [1.807, 2.05) is 24.3 Å². The Kier molecular flexibility index (Phi) is 3.22. The van der Waals surface area contributed by atoms with E-state index in [1.165, 1.54) is 12.1 Å². The number of rotatable bonds is 2. The highest BCUT2D eigenvalue weighted by Crippen LogP contribution is 2.38. The molecule has 2 aromatic carbocycles. The highest BCUT2D eigenvalue weighted by Gasteiger charge is 2.39. The van der Waals surface area contributed by atoms with E-state index in [-0.39, 0.29) is 5.69 Å². The number of para-hydroxylation sites is 2. The monoisotopic (exact) mass is 333 g/mol. The maximum absolute atomic E-state index is 12.3. The zero-order chi connectivity index (χ0) is 17.6. The molecule has 0 fully saturated rings. The van der Waals surface area contributed by atoms with E-state index in [1.54, 1.807) is 22.8 Å². The Hall–Kier alpha value is -3.73. The van der Waals surface area contributed by atoms with Crippen molar-refractivity contribution in [2.75, 3.05) is 5.32 Å². The van der Waals surface area contributed by atoms with Crippen LogP contribution < -0.4 is 5.32 Å². The Morgan fingerprint density at radius 2 is 2.04 bits per heavy atom. The van der Waals surface area contributed by atoms with Crippen molar-refractivity contribution in [3.05, 3.63) is 64.2 Å². The second-order valence-electron chi connectivity index (χ2n) is 5.69. The van der Waals surface area contributed by atoms with Crippen LogP contribution in [0.2, 0.25) is 0 Å². The molecular weight excluding hydrogens is 322 g/mol. The molecule has 1 aromatic heterocycles. The van der Waals surface area contributed by atoms with Gasteiger partial charge in [-0.3, -0.25) is 20.2 Å². The number of nitrogens with one attached hydrogen (secondary N) is 1. The van der Waals surface area contributed by atoms with Gasteiger partial charge in [0.25, 0.3) is 5.69 Å². The third kappa shape index (κ3) is 2.21. The zero-order valence-electron chi connectivity index (χ0n) is 12.8. The van der Waals surface area contributed by atoms with Crippen LogP contribution in [-0.4, -0.2) is 20.4 Å². The standard InChI is InChI=1S/C17H11N5O3/c18-9-12-15(10-4-3-5-11(8-10)22(24)25)21-14-7-2-1-6-13(14)19-17(21)20-16(12)23/h1-8,12,15H,(H,19,20,23)/t12-,15+/m0/s1. The first-order valence-corrected chi connectivity index (χ1v) is 7.52. The third-order valence-electron chi connectivity index (χ3n) is 4.27. The van der Waals surface area contributed by atoms with Crippen LogP contribution in [0.25, 0.3) is 11.0 Å².